The molecule has 2 aromatic rings. The van der Waals surface area contributed by atoms with E-state index in [0.29, 0.717) is 30.8 Å². The molecular formula is C12H16N4O3S. The fourth-order valence-corrected chi connectivity index (χ4v) is 3.44. The number of sulfonamides is 1. The van der Waals surface area contributed by atoms with Gasteiger partial charge in [-0.05, 0) is 12.1 Å². The topological polar surface area (TPSA) is 96.1 Å². The predicted molar refractivity (Wildman–Crippen MR) is 73.9 cm³/mol. The van der Waals surface area contributed by atoms with Crippen molar-refractivity contribution in [2.24, 2.45) is 0 Å². The number of morpholine rings is 1. The van der Waals surface area contributed by atoms with Crippen LogP contribution in [0.3, 0.4) is 0 Å². The molecule has 1 atom stereocenters. The van der Waals surface area contributed by atoms with Crippen LogP contribution in [0, 0.1) is 0 Å². The maximum Gasteiger partial charge on any atom is 0.242 e. The maximum absolute atomic E-state index is 12.3. The maximum atomic E-state index is 12.3. The van der Waals surface area contributed by atoms with Gasteiger partial charge in [-0.25, -0.2) is 18.1 Å². The van der Waals surface area contributed by atoms with Crippen LogP contribution in [0.5, 0.6) is 0 Å². The predicted octanol–water partition coefficient (Wildman–Crippen LogP) is -0.170. The summed E-state index contributed by atoms with van der Waals surface area (Å²) in [7, 11) is -3.56. The fourth-order valence-electron chi connectivity index (χ4n) is 2.19. The van der Waals surface area contributed by atoms with E-state index in [1.807, 2.05) is 0 Å². The average Bonchev–Trinajstić information content (AvgIpc) is 2.91. The average molecular weight is 296 g/mol. The Kier molecular flexibility index (Phi) is 3.70. The molecule has 0 aliphatic carbocycles. The zero-order valence-corrected chi connectivity index (χ0v) is 11.6. The number of nitrogens with one attached hydrogen (secondary N) is 3. The Morgan fingerprint density at radius 2 is 2.40 bits per heavy atom. The van der Waals surface area contributed by atoms with Crippen LogP contribution >= 0.6 is 0 Å². The molecule has 1 aliphatic rings. The van der Waals surface area contributed by atoms with Crippen LogP contribution in [0.2, 0.25) is 0 Å². The molecule has 8 heteroatoms. The standard InChI is InChI=1S/C12H16N4O3S/c17-20(18,16-6-9-8-19-5-4-13-9)11-7-15-12-10(11)2-1-3-14-12/h1-3,7,9,13,16H,4-6,8H2,(H,14,15). The molecule has 1 unspecified atom stereocenters. The van der Waals surface area contributed by atoms with Gasteiger partial charge >= 0.3 is 0 Å². The second-order valence-corrected chi connectivity index (χ2v) is 6.37. The number of rotatable bonds is 4. The summed E-state index contributed by atoms with van der Waals surface area (Å²) < 4.78 is 32.5. The summed E-state index contributed by atoms with van der Waals surface area (Å²) in [6.07, 6.45) is 3.08. The normalized spacial score (nSPS) is 20.3. The molecule has 0 saturated carbocycles. The van der Waals surface area contributed by atoms with Crippen molar-refractivity contribution in [2.75, 3.05) is 26.3 Å². The van der Waals surface area contributed by atoms with Gasteiger partial charge in [-0.3, -0.25) is 0 Å². The highest BCUT2D eigenvalue weighted by atomic mass is 32.2. The minimum Gasteiger partial charge on any atom is -0.378 e. The van der Waals surface area contributed by atoms with Gasteiger partial charge < -0.3 is 15.0 Å². The lowest BCUT2D eigenvalue weighted by atomic mass is 10.3. The quantitative estimate of drug-likeness (QED) is 0.728. The van der Waals surface area contributed by atoms with Crippen LogP contribution in [-0.4, -0.2) is 50.7 Å². The Bertz CT molecular complexity index is 692. The van der Waals surface area contributed by atoms with Crippen molar-refractivity contribution in [2.45, 2.75) is 10.9 Å². The van der Waals surface area contributed by atoms with Gasteiger partial charge in [0, 0.05) is 36.9 Å². The van der Waals surface area contributed by atoms with Crippen molar-refractivity contribution < 1.29 is 13.2 Å². The van der Waals surface area contributed by atoms with E-state index in [2.05, 4.69) is 20.0 Å². The minimum absolute atomic E-state index is 0.00172. The lowest BCUT2D eigenvalue weighted by Gasteiger charge is -2.23. The number of H-pyrrole nitrogens is 1. The Labute approximate surface area is 116 Å². The van der Waals surface area contributed by atoms with Gasteiger partial charge in [0.1, 0.15) is 10.5 Å². The fraction of sp³-hybridized carbons (Fsp3) is 0.417. The van der Waals surface area contributed by atoms with Crippen LogP contribution < -0.4 is 10.0 Å². The number of nitrogens with zero attached hydrogens (tertiary/aromatic N) is 1. The van der Waals surface area contributed by atoms with Crippen molar-refractivity contribution >= 4 is 21.1 Å². The van der Waals surface area contributed by atoms with Gasteiger partial charge in [-0.15, -0.1) is 0 Å². The van der Waals surface area contributed by atoms with E-state index in [-0.39, 0.29) is 10.9 Å². The smallest absolute Gasteiger partial charge is 0.242 e. The Morgan fingerprint density at radius 1 is 1.50 bits per heavy atom. The van der Waals surface area contributed by atoms with Crippen molar-refractivity contribution in [1.82, 2.24) is 20.0 Å². The van der Waals surface area contributed by atoms with Crippen molar-refractivity contribution in [3.8, 4) is 0 Å². The van der Waals surface area contributed by atoms with Gasteiger partial charge in [0.05, 0.1) is 13.2 Å². The molecule has 0 amide bonds. The molecule has 3 rings (SSSR count). The van der Waals surface area contributed by atoms with Crippen LogP contribution in [-0.2, 0) is 14.8 Å². The van der Waals surface area contributed by atoms with Crippen LogP contribution in [0.1, 0.15) is 0 Å². The van der Waals surface area contributed by atoms with Gasteiger partial charge in [-0.1, -0.05) is 0 Å². The molecule has 1 saturated heterocycles. The monoisotopic (exact) mass is 296 g/mol. The van der Waals surface area contributed by atoms with Gasteiger partial charge in [0.25, 0.3) is 0 Å². The van der Waals surface area contributed by atoms with E-state index in [9.17, 15) is 8.42 Å². The highest BCUT2D eigenvalue weighted by Gasteiger charge is 2.21. The summed E-state index contributed by atoms with van der Waals surface area (Å²) in [5, 5.41) is 3.79. The number of aromatic nitrogens is 2. The van der Waals surface area contributed by atoms with Crippen molar-refractivity contribution in [3.63, 3.8) is 0 Å². The summed E-state index contributed by atoms with van der Waals surface area (Å²) in [4.78, 5) is 7.17. The number of ether oxygens (including phenoxy) is 1. The zero-order chi connectivity index (χ0) is 14.0. The number of hydrogen-bond donors (Lipinski definition) is 3. The molecule has 1 aliphatic heterocycles. The molecule has 108 valence electrons. The number of hydrogen-bond acceptors (Lipinski definition) is 5. The lowest BCUT2D eigenvalue weighted by Crippen LogP contribution is -2.48. The van der Waals surface area contributed by atoms with Crippen LogP contribution in [0.4, 0.5) is 0 Å². The summed E-state index contributed by atoms with van der Waals surface area (Å²) in [5.41, 5.74) is 0.562. The van der Waals surface area contributed by atoms with E-state index >= 15 is 0 Å². The third-order valence-electron chi connectivity index (χ3n) is 3.22. The first-order valence-electron chi connectivity index (χ1n) is 6.40. The largest absolute Gasteiger partial charge is 0.378 e. The summed E-state index contributed by atoms with van der Waals surface area (Å²) in [5.74, 6) is 0. The molecule has 0 bridgehead atoms. The van der Waals surface area contributed by atoms with E-state index in [0.717, 1.165) is 6.54 Å². The molecule has 1 fully saturated rings. The number of pyridine rings is 1. The van der Waals surface area contributed by atoms with Crippen LogP contribution in [0.25, 0.3) is 11.0 Å². The molecule has 0 radical (unpaired) electrons. The number of aromatic amines is 1. The highest BCUT2D eigenvalue weighted by molar-refractivity contribution is 7.89. The van der Waals surface area contributed by atoms with Crippen molar-refractivity contribution in [1.29, 1.82) is 0 Å². The van der Waals surface area contributed by atoms with Crippen LogP contribution in [0.15, 0.2) is 29.4 Å². The molecular weight excluding hydrogens is 280 g/mol. The van der Waals surface area contributed by atoms with E-state index < -0.39 is 10.0 Å². The van der Waals surface area contributed by atoms with E-state index in [4.69, 9.17) is 4.74 Å². The highest BCUT2D eigenvalue weighted by Crippen LogP contribution is 2.20. The summed E-state index contributed by atoms with van der Waals surface area (Å²) >= 11 is 0. The molecule has 3 N–H and O–H groups in total. The van der Waals surface area contributed by atoms with E-state index in [1.54, 1.807) is 18.3 Å². The first-order valence-corrected chi connectivity index (χ1v) is 7.88. The summed E-state index contributed by atoms with van der Waals surface area (Å²) in [6.45, 7) is 2.22. The first kappa shape index (κ1) is 13.5. The molecule has 7 nitrogen and oxygen atoms in total. The Morgan fingerprint density at radius 3 is 3.20 bits per heavy atom. The van der Waals surface area contributed by atoms with E-state index in [1.165, 1.54) is 6.20 Å². The SMILES string of the molecule is O=S(=O)(NCC1COCCN1)c1c[nH]c2ncccc12. The zero-order valence-electron chi connectivity index (χ0n) is 10.8. The number of fused-ring (bicyclic) bond motifs is 1. The molecule has 0 aromatic carbocycles. The van der Waals surface area contributed by atoms with Crippen molar-refractivity contribution in [3.05, 3.63) is 24.5 Å². The Balaban J connectivity index is 1.77. The molecule has 20 heavy (non-hydrogen) atoms. The van der Waals surface area contributed by atoms with Gasteiger partial charge in [-0.2, -0.15) is 0 Å². The Hall–Kier alpha value is -1.48. The van der Waals surface area contributed by atoms with Gasteiger partial charge in [0.15, 0.2) is 0 Å². The van der Waals surface area contributed by atoms with Gasteiger partial charge in [0.2, 0.25) is 10.0 Å². The minimum atomic E-state index is -3.56. The lowest BCUT2D eigenvalue weighted by molar-refractivity contribution is 0.0784. The summed E-state index contributed by atoms with van der Waals surface area (Å²) in [6, 6.07) is 3.45. The molecule has 0 spiro atoms. The molecule has 3 heterocycles. The first-order chi connectivity index (χ1) is 9.67. The molecule has 2 aromatic heterocycles. The second kappa shape index (κ2) is 5.49. The third kappa shape index (κ3) is 2.68. The third-order valence-corrected chi connectivity index (χ3v) is 4.68. The second-order valence-electron chi connectivity index (χ2n) is 4.63.